The molecule has 5 rings (SSSR count). The van der Waals surface area contributed by atoms with Crippen molar-refractivity contribution in [3.8, 4) is 0 Å². The number of halogens is 4. The Balaban J connectivity index is 0.000000745. The lowest BCUT2D eigenvalue weighted by atomic mass is 10.2. The largest absolute Gasteiger partial charge is 0.461 e. The van der Waals surface area contributed by atoms with Crippen LogP contribution in [0.5, 0.6) is 0 Å². The minimum atomic E-state index is -4.35. The van der Waals surface area contributed by atoms with Crippen LogP contribution in [0.1, 0.15) is 82.0 Å². The number of alkyl halides is 3. The lowest BCUT2D eigenvalue weighted by molar-refractivity contribution is -0.0352. The van der Waals surface area contributed by atoms with Gasteiger partial charge in [0.05, 0.1) is 36.4 Å². The van der Waals surface area contributed by atoms with Crippen LogP contribution in [-0.2, 0) is 13.0 Å². The number of imidazole rings is 1. The van der Waals surface area contributed by atoms with E-state index in [1.54, 1.807) is 5.01 Å². The number of hydrogen-bond acceptors (Lipinski definition) is 6. The molecule has 1 N–H and O–H groups in total. The van der Waals surface area contributed by atoms with E-state index in [-0.39, 0.29) is 36.9 Å². The molecule has 230 valence electrons. The fourth-order valence-corrected chi connectivity index (χ4v) is 4.86. The van der Waals surface area contributed by atoms with Crippen LogP contribution in [0.4, 0.5) is 23.2 Å². The normalized spacial score (nSPS) is 14.9. The van der Waals surface area contributed by atoms with Crippen molar-refractivity contribution in [2.24, 2.45) is 11.0 Å². The minimum absolute atomic E-state index is 0.0678. The predicted molar refractivity (Wildman–Crippen MR) is 162 cm³/mol. The topological polar surface area (TPSA) is 65.2 Å². The van der Waals surface area contributed by atoms with Gasteiger partial charge in [0.2, 0.25) is 0 Å². The number of carbonyl (C=O) groups is 1. The molecule has 0 bridgehead atoms. The highest BCUT2D eigenvalue weighted by Gasteiger charge is 2.41. The molecule has 0 saturated heterocycles. The fraction of sp³-hybridized carbons (Fsp3) is 0.500. The molecule has 3 aromatic rings. The summed E-state index contributed by atoms with van der Waals surface area (Å²) in [7, 11) is 0. The summed E-state index contributed by atoms with van der Waals surface area (Å²) in [6, 6.07) is 10.2. The van der Waals surface area contributed by atoms with Crippen molar-refractivity contribution < 1.29 is 22.4 Å². The number of rotatable bonds is 8. The summed E-state index contributed by atoms with van der Waals surface area (Å²) in [6.07, 6.45) is 6.10. The highest BCUT2D eigenvalue weighted by molar-refractivity contribution is 7.98. The number of nitrogens with one attached hydrogen (secondary N) is 1. The van der Waals surface area contributed by atoms with Gasteiger partial charge in [0.15, 0.2) is 0 Å². The second kappa shape index (κ2) is 15.3. The van der Waals surface area contributed by atoms with Crippen molar-refractivity contribution in [1.82, 2.24) is 19.0 Å². The van der Waals surface area contributed by atoms with Crippen molar-refractivity contribution in [2.75, 3.05) is 18.1 Å². The summed E-state index contributed by atoms with van der Waals surface area (Å²) in [5, 5.41) is 9.11. The Hall–Kier alpha value is -3.28. The van der Waals surface area contributed by atoms with Gasteiger partial charge in [-0.25, -0.2) is 9.37 Å². The number of amides is 1. The minimum Gasteiger partial charge on any atom is -0.347 e. The zero-order valence-electron chi connectivity index (χ0n) is 24.8. The first-order chi connectivity index (χ1) is 20.1. The monoisotopic (exact) mass is 608 g/mol. The molecule has 0 atom stereocenters. The molecule has 1 amide bonds. The molecule has 1 aliphatic carbocycles. The van der Waals surface area contributed by atoms with Gasteiger partial charge in [-0.15, -0.1) is 0 Å². The number of carbonyl (C=O) groups excluding carboxylic acids is 1. The summed E-state index contributed by atoms with van der Waals surface area (Å²) in [4.78, 5) is 17.3. The van der Waals surface area contributed by atoms with Crippen molar-refractivity contribution >= 4 is 35.0 Å². The average molecular weight is 609 g/mol. The smallest absolute Gasteiger partial charge is 0.347 e. The summed E-state index contributed by atoms with van der Waals surface area (Å²) in [5.41, 5.74) is -1.35. The Bertz CT molecular complexity index is 1340. The van der Waals surface area contributed by atoms with Gasteiger partial charge in [-0.2, -0.15) is 18.3 Å². The zero-order valence-corrected chi connectivity index (χ0v) is 25.7. The molecule has 0 spiro atoms. The number of hydrogen-bond donors (Lipinski definition) is 1. The molecule has 1 aromatic carbocycles. The van der Waals surface area contributed by atoms with Crippen LogP contribution in [0.15, 0.2) is 47.7 Å². The van der Waals surface area contributed by atoms with Gasteiger partial charge in [0, 0.05) is 18.7 Å². The number of unbranched alkanes of at least 4 members (excludes halogenated alkanes) is 1. The molecule has 1 saturated carbocycles. The summed E-state index contributed by atoms with van der Waals surface area (Å²) >= 11 is -0.126. The van der Waals surface area contributed by atoms with E-state index in [1.807, 2.05) is 45.0 Å². The third-order valence-corrected chi connectivity index (χ3v) is 7.34. The second-order valence-electron chi connectivity index (χ2n) is 9.68. The average Bonchev–Trinajstić information content (AvgIpc) is 3.77. The van der Waals surface area contributed by atoms with Crippen molar-refractivity contribution in [2.45, 2.75) is 78.8 Å². The Kier molecular flexibility index (Phi) is 12.1. The van der Waals surface area contributed by atoms with Gasteiger partial charge in [0.25, 0.3) is 5.91 Å². The Labute approximate surface area is 249 Å². The van der Waals surface area contributed by atoms with E-state index in [2.05, 4.69) is 29.2 Å². The molecule has 0 radical (unpaired) electrons. The highest BCUT2D eigenvalue weighted by Crippen LogP contribution is 2.41. The Morgan fingerprint density at radius 3 is 2.26 bits per heavy atom. The SMILES string of the molecule is CC.CCCC.CCc1nc2ccc(F)cn2c1C(=O)NCc1ccc(N2CCN(SC(F)(F)F)C(C3CC3)=N2)cc1. The number of fused-ring (bicyclic) bond motifs is 1. The van der Waals surface area contributed by atoms with E-state index < -0.39 is 11.3 Å². The first-order valence-corrected chi connectivity index (χ1v) is 15.3. The maximum absolute atomic E-state index is 13.8. The molecule has 2 aliphatic rings. The molecular formula is C30H40F4N6OS. The quantitative estimate of drug-likeness (QED) is 0.209. The number of amidine groups is 1. The van der Waals surface area contributed by atoms with E-state index in [0.717, 1.165) is 24.1 Å². The predicted octanol–water partition coefficient (Wildman–Crippen LogP) is 7.81. The molecule has 1 fully saturated rings. The maximum Gasteiger partial charge on any atom is 0.461 e. The first kappa shape index (κ1) is 33.2. The first-order valence-electron chi connectivity index (χ1n) is 14.6. The number of anilines is 1. The molecule has 7 nitrogen and oxygen atoms in total. The van der Waals surface area contributed by atoms with E-state index in [0.29, 0.717) is 35.8 Å². The van der Waals surface area contributed by atoms with Gasteiger partial charge in [-0.1, -0.05) is 59.6 Å². The van der Waals surface area contributed by atoms with Gasteiger partial charge in [-0.3, -0.25) is 18.5 Å². The van der Waals surface area contributed by atoms with Gasteiger partial charge in [0.1, 0.15) is 23.0 Å². The number of benzene rings is 1. The molecule has 12 heteroatoms. The number of nitrogens with zero attached hydrogens (tertiary/aromatic N) is 5. The number of aryl methyl sites for hydroxylation is 1. The number of aromatic nitrogens is 2. The standard InChI is InChI=1S/C24H24F4N6OS.C4H10.C2H6/c1-2-19-21(32-14-17(25)7-10-20(32)30-19)23(35)29-13-15-3-8-18(9-4-15)33-11-12-34(36-24(26,27)28)22(31-33)16-5-6-16;1-3-4-2;1-2/h3-4,7-10,14,16H,2,5-6,11-13H2,1H3,(H,29,35);3-4H2,1-2H3;1-2H3. The van der Waals surface area contributed by atoms with Crippen LogP contribution >= 0.6 is 11.9 Å². The summed E-state index contributed by atoms with van der Waals surface area (Å²) < 4.78 is 55.2. The van der Waals surface area contributed by atoms with Crippen LogP contribution in [0.25, 0.3) is 5.65 Å². The van der Waals surface area contributed by atoms with E-state index in [9.17, 15) is 22.4 Å². The third kappa shape index (κ3) is 8.86. The zero-order chi connectivity index (χ0) is 30.9. The van der Waals surface area contributed by atoms with Crippen LogP contribution in [0, 0.1) is 11.7 Å². The van der Waals surface area contributed by atoms with Gasteiger partial charge >= 0.3 is 5.51 Å². The Morgan fingerprint density at radius 1 is 1.02 bits per heavy atom. The van der Waals surface area contributed by atoms with E-state index in [1.165, 1.54) is 39.9 Å². The van der Waals surface area contributed by atoms with Crippen LogP contribution in [-0.4, -0.2) is 44.0 Å². The molecule has 0 unspecified atom stereocenters. The van der Waals surface area contributed by atoms with Crippen LogP contribution in [0.2, 0.25) is 0 Å². The second-order valence-corrected chi connectivity index (χ2v) is 10.8. The van der Waals surface area contributed by atoms with Crippen molar-refractivity contribution in [3.63, 3.8) is 0 Å². The molecule has 3 heterocycles. The molecular weight excluding hydrogens is 568 g/mol. The molecule has 42 heavy (non-hydrogen) atoms. The number of hydrazone groups is 1. The van der Waals surface area contributed by atoms with E-state index >= 15 is 0 Å². The van der Waals surface area contributed by atoms with Gasteiger partial charge in [-0.05, 0) is 49.1 Å². The van der Waals surface area contributed by atoms with Crippen LogP contribution in [0.3, 0.4) is 0 Å². The van der Waals surface area contributed by atoms with Crippen molar-refractivity contribution in [3.05, 3.63) is 65.4 Å². The number of pyridine rings is 1. The van der Waals surface area contributed by atoms with E-state index in [4.69, 9.17) is 0 Å². The molecule has 2 aromatic heterocycles. The Morgan fingerprint density at radius 2 is 1.69 bits per heavy atom. The highest BCUT2D eigenvalue weighted by atomic mass is 32.2. The lowest BCUT2D eigenvalue weighted by Gasteiger charge is -2.34. The fourth-order valence-electron chi connectivity index (χ4n) is 4.16. The lowest BCUT2D eigenvalue weighted by Crippen LogP contribution is -2.42. The van der Waals surface area contributed by atoms with Crippen LogP contribution < -0.4 is 10.3 Å². The maximum atomic E-state index is 13.8. The summed E-state index contributed by atoms with van der Waals surface area (Å²) in [6.45, 7) is 11.0. The van der Waals surface area contributed by atoms with Crippen molar-refractivity contribution in [1.29, 1.82) is 0 Å². The molecule has 1 aliphatic heterocycles. The summed E-state index contributed by atoms with van der Waals surface area (Å²) in [5.74, 6) is -0.280. The third-order valence-electron chi connectivity index (χ3n) is 6.54. The van der Waals surface area contributed by atoms with Gasteiger partial charge < -0.3 is 5.32 Å².